The summed E-state index contributed by atoms with van der Waals surface area (Å²) in [6.07, 6.45) is 0.913. The van der Waals surface area contributed by atoms with E-state index in [9.17, 15) is 9.59 Å². The normalized spacial score (nSPS) is 10.1. The number of nitrogens with one attached hydrogen (secondary N) is 1. The van der Waals surface area contributed by atoms with Crippen LogP contribution < -0.4 is 5.32 Å². The highest BCUT2D eigenvalue weighted by Gasteiger charge is 2.16. The van der Waals surface area contributed by atoms with Crippen LogP contribution in [0, 0.1) is 6.92 Å². The van der Waals surface area contributed by atoms with Crippen LogP contribution in [0.3, 0.4) is 0 Å². The van der Waals surface area contributed by atoms with E-state index in [0.29, 0.717) is 36.7 Å². The second-order valence-electron chi connectivity index (χ2n) is 3.61. The molecule has 0 atom stereocenters. The van der Waals surface area contributed by atoms with Gasteiger partial charge in [0.25, 0.3) is 0 Å². The van der Waals surface area contributed by atoms with E-state index < -0.39 is 5.97 Å². The molecular weight excluding hydrogens is 256 g/mol. The van der Waals surface area contributed by atoms with Gasteiger partial charge in [-0.25, -0.2) is 4.79 Å². The largest absolute Gasteiger partial charge is 0.478 e. The Labute approximate surface area is 109 Å². The summed E-state index contributed by atoms with van der Waals surface area (Å²) in [5, 5.41) is 12.5. The number of rotatable bonds is 7. The first-order valence-corrected chi connectivity index (χ1v) is 6.42. The minimum atomic E-state index is -0.992. The van der Waals surface area contributed by atoms with E-state index in [1.165, 1.54) is 0 Å². The van der Waals surface area contributed by atoms with Gasteiger partial charge in [0.1, 0.15) is 10.6 Å². The number of carbonyl (C=O) groups is 2. The number of carboxylic acid groups (broad SMARTS) is 1. The molecule has 1 aromatic rings. The molecule has 1 aromatic heterocycles. The smallest absolute Gasteiger partial charge is 0.340 e. The fraction of sp³-hybridized carbons (Fsp3) is 0.545. The van der Waals surface area contributed by atoms with Crippen molar-refractivity contribution in [3.05, 3.63) is 11.3 Å². The zero-order valence-electron chi connectivity index (χ0n) is 10.4. The number of aromatic nitrogens is 1. The number of nitrogens with zero attached hydrogens (tertiary/aromatic N) is 1. The summed E-state index contributed by atoms with van der Waals surface area (Å²) in [6.45, 7) is 4.31. The highest BCUT2D eigenvalue weighted by molar-refractivity contribution is 7.10. The second-order valence-corrected chi connectivity index (χ2v) is 4.39. The number of hydrogen-bond acceptors (Lipinski definition) is 6. The van der Waals surface area contributed by atoms with E-state index >= 15 is 0 Å². The van der Waals surface area contributed by atoms with Crippen molar-refractivity contribution < 1.29 is 19.4 Å². The molecule has 2 N–H and O–H groups in total. The fourth-order valence-electron chi connectivity index (χ4n) is 1.41. The van der Waals surface area contributed by atoms with Crippen LogP contribution in [-0.2, 0) is 9.53 Å². The van der Waals surface area contributed by atoms with E-state index in [4.69, 9.17) is 9.84 Å². The van der Waals surface area contributed by atoms with E-state index in [1.807, 2.05) is 0 Å². The lowest BCUT2D eigenvalue weighted by atomic mass is 10.2. The molecule has 0 aromatic carbocycles. The number of anilines is 1. The van der Waals surface area contributed by atoms with Crippen LogP contribution in [0.2, 0.25) is 0 Å². The number of esters is 1. The highest BCUT2D eigenvalue weighted by Crippen LogP contribution is 2.24. The molecule has 0 bridgehead atoms. The summed E-state index contributed by atoms with van der Waals surface area (Å²) in [5.41, 5.74) is 0.705. The van der Waals surface area contributed by atoms with Crippen LogP contribution in [0.5, 0.6) is 0 Å². The first-order valence-electron chi connectivity index (χ1n) is 5.65. The van der Waals surface area contributed by atoms with Gasteiger partial charge in [0.05, 0.1) is 12.3 Å². The summed E-state index contributed by atoms with van der Waals surface area (Å²) in [5.74, 6) is -1.23. The number of aryl methyl sites for hydroxylation is 1. The SMILES string of the molecule is CCOC(=O)CCCNc1snc(C)c1C(=O)O. The topological polar surface area (TPSA) is 88.5 Å². The molecule has 18 heavy (non-hydrogen) atoms. The molecule has 7 heteroatoms. The summed E-state index contributed by atoms with van der Waals surface area (Å²) in [6, 6.07) is 0. The second kappa shape index (κ2) is 6.95. The Hall–Kier alpha value is -1.63. The Morgan fingerprint density at radius 3 is 2.83 bits per heavy atom. The van der Waals surface area contributed by atoms with E-state index in [2.05, 4.69) is 9.69 Å². The Bertz CT molecular complexity index is 431. The maximum atomic E-state index is 11.1. The van der Waals surface area contributed by atoms with Crippen LogP contribution in [-0.4, -0.2) is 34.6 Å². The van der Waals surface area contributed by atoms with Crippen LogP contribution in [0.15, 0.2) is 0 Å². The molecule has 0 saturated carbocycles. The van der Waals surface area contributed by atoms with Crippen LogP contribution in [0.1, 0.15) is 35.8 Å². The maximum Gasteiger partial charge on any atom is 0.340 e. The number of carboxylic acids is 1. The predicted octanol–water partition coefficient (Wildman–Crippen LogP) is 1.90. The predicted molar refractivity (Wildman–Crippen MR) is 68.2 cm³/mol. The van der Waals surface area contributed by atoms with E-state index in [-0.39, 0.29) is 11.5 Å². The van der Waals surface area contributed by atoms with Crippen molar-refractivity contribution in [2.75, 3.05) is 18.5 Å². The number of hydrogen-bond donors (Lipinski definition) is 2. The molecule has 0 aliphatic rings. The molecular formula is C11H16N2O4S. The Morgan fingerprint density at radius 2 is 2.22 bits per heavy atom. The molecule has 0 amide bonds. The summed E-state index contributed by atoms with van der Waals surface area (Å²) < 4.78 is 8.78. The lowest BCUT2D eigenvalue weighted by Crippen LogP contribution is -2.09. The zero-order valence-corrected chi connectivity index (χ0v) is 11.2. The molecule has 0 aliphatic heterocycles. The van der Waals surface area contributed by atoms with Crippen molar-refractivity contribution in [1.29, 1.82) is 0 Å². The molecule has 1 rings (SSSR count). The molecule has 0 radical (unpaired) electrons. The third-order valence-electron chi connectivity index (χ3n) is 2.23. The minimum absolute atomic E-state index is 0.205. The lowest BCUT2D eigenvalue weighted by Gasteiger charge is -2.04. The quantitative estimate of drug-likeness (QED) is 0.582. The summed E-state index contributed by atoms with van der Waals surface area (Å²) >= 11 is 1.12. The van der Waals surface area contributed by atoms with Crippen molar-refractivity contribution >= 4 is 28.5 Å². The zero-order chi connectivity index (χ0) is 13.5. The van der Waals surface area contributed by atoms with Crippen molar-refractivity contribution in [3.63, 3.8) is 0 Å². The summed E-state index contributed by atoms with van der Waals surface area (Å²) in [7, 11) is 0. The highest BCUT2D eigenvalue weighted by atomic mass is 32.1. The Morgan fingerprint density at radius 1 is 1.50 bits per heavy atom. The van der Waals surface area contributed by atoms with Gasteiger partial charge in [0, 0.05) is 13.0 Å². The first kappa shape index (κ1) is 14.4. The molecule has 0 fully saturated rings. The van der Waals surface area contributed by atoms with Crippen LogP contribution >= 0.6 is 11.5 Å². The van der Waals surface area contributed by atoms with Gasteiger partial charge in [-0.15, -0.1) is 0 Å². The van der Waals surface area contributed by atoms with Crippen molar-refractivity contribution in [2.45, 2.75) is 26.7 Å². The Balaban J connectivity index is 2.40. The van der Waals surface area contributed by atoms with Crippen LogP contribution in [0.25, 0.3) is 0 Å². The van der Waals surface area contributed by atoms with Gasteiger partial charge in [-0.1, -0.05) is 0 Å². The fourth-order valence-corrected chi connectivity index (χ4v) is 2.22. The van der Waals surface area contributed by atoms with Gasteiger partial charge < -0.3 is 15.2 Å². The van der Waals surface area contributed by atoms with Gasteiger partial charge in [-0.3, -0.25) is 4.79 Å². The van der Waals surface area contributed by atoms with Crippen molar-refractivity contribution in [1.82, 2.24) is 4.37 Å². The first-order chi connectivity index (χ1) is 8.56. The monoisotopic (exact) mass is 272 g/mol. The minimum Gasteiger partial charge on any atom is -0.478 e. The average Bonchev–Trinajstić information content (AvgIpc) is 2.66. The molecule has 6 nitrogen and oxygen atoms in total. The molecule has 0 saturated heterocycles. The molecule has 1 heterocycles. The molecule has 0 aliphatic carbocycles. The maximum absolute atomic E-state index is 11.1. The van der Waals surface area contributed by atoms with Gasteiger partial charge in [-0.2, -0.15) is 4.37 Å². The standard InChI is InChI=1S/C11H16N2O4S/c1-3-17-8(14)5-4-6-12-10-9(11(15)16)7(2)13-18-10/h12H,3-6H2,1-2H3,(H,15,16). The van der Waals surface area contributed by atoms with Crippen molar-refractivity contribution in [3.8, 4) is 0 Å². The molecule has 100 valence electrons. The van der Waals surface area contributed by atoms with Gasteiger partial charge in [-0.05, 0) is 31.8 Å². The van der Waals surface area contributed by atoms with Gasteiger partial charge in [0.15, 0.2) is 0 Å². The number of ether oxygens (including phenoxy) is 1. The van der Waals surface area contributed by atoms with E-state index in [0.717, 1.165) is 11.5 Å². The Kier molecular flexibility index (Phi) is 5.57. The van der Waals surface area contributed by atoms with Crippen LogP contribution in [0.4, 0.5) is 5.00 Å². The molecule has 0 unspecified atom stereocenters. The number of aromatic carboxylic acids is 1. The van der Waals surface area contributed by atoms with E-state index in [1.54, 1.807) is 13.8 Å². The molecule has 0 spiro atoms. The van der Waals surface area contributed by atoms with Gasteiger partial charge in [0.2, 0.25) is 0 Å². The van der Waals surface area contributed by atoms with Gasteiger partial charge >= 0.3 is 11.9 Å². The third kappa shape index (κ3) is 3.99. The average molecular weight is 272 g/mol. The lowest BCUT2D eigenvalue weighted by molar-refractivity contribution is -0.143. The van der Waals surface area contributed by atoms with Crippen molar-refractivity contribution in [2.24, 2.45) is 0 Å². The number of carbonyl (C=O) groups excluding carboxylic acids is 1. The summed E-state index contributed by atoms with van der Waals surface area (Å²) in [4.78, 5) is 22.1. The third-order valence-corrected chi connectivity index (χ3v) is 3.12.